The van der Waals surface area contributed by atoms with Crippen LogP contribution < -0.4 is 14.5 Å². The maximum atomic E-state index is 5.11. The van der Waals surface area contributed by atoms with Crippen molar-refractivity contribution < 1.29 is 4.74 Å². The Bertz CT molecular complexity index is 796. The van der Waals surface area contributed by atoms with E-state index in [4.69, 9.17) is 4.74 Å². The monoisotopic (exact) mass is 327 g/mol. The minimum absolute atomic E-state index is 0.684. The number of aromatic nitrogens is 3. The number of nitrogens with zero attached hydrogens (tertiary/aromatic N) is 5. The number of rotatable bonds is 3. The Balaban J connectivity index is 1.49. The van der Waals surface area contributed by atoms with Gasteiger partial charge in [-0.05, 0) is 17.5 Å². The average Bonchev–Trinajstić information content (AvgIpc) is 3.11. The zero-order valence-electron chi connectivity index (χ0n) is 12.8. The molecule has 7 heteroatoms. The van der Waals surface area contributed by atoms with Crippen LogP contribution in [-0.2, 0) is 0 Å². The van der Waals surface area contributed by atoms with Gasteiger partial charge in [0.25, 0.3) is 0 Å². The van der Waals surface area contributed by atoms with Crippen LogP contribution in [0.2, 0.25) is 0 Å². The van der Waals surface area contributed by atoms with E-state index >= 15 is 0 Å². The SMILES string of the molecule is COc1cnc(N2CCN(c3ccnc4ccsc34)CC2)nc1. The molecule has 118 valence electrons. The lowest BCUT2D eigenvalue weighted by Gasteiger charge is -2.36. The number of anilines is 2. The molecule has 1 aliphatic heterocycles. The molecule has 0 N–H and O–H groups in total. The Hall–Kier alpha value is -2.41. The third-order valence-corrected chi connectivity index (χ3v) is 5.00. The van der Waals surface area contributed by atoms with Gasteiger partial charge in [-0.1, -0.05) is 0 Å². The van der Waals surface area contributed by atoms with Crippen molar-refractivity contribution in [3.63, 3.8) is 0 Å². The zero-order chi connectivity index (χ0) is 15.6. The number of hydrogen-bond donors (Lipinski definition) is 0. The van der Waals surface area contributed by atoms with Crippen LogP contribution in [0, 0.1) is 0 Å². The highest BCUT2D eigenvalue weighted by Crippen LogP contribution is 2.30. The van der Waals surface area contributed by atoms with Crippen molar-refractivity contribution in [1.29, 1.82) is 0 Å². The highest BCUT2D eigenvalue weighted by atomic mass is 32.1. The number of pyridine rings is 1. The van der Waals surface area contributed by atoms with Gasteiger partial charge >= 0.3 is 0 Å². The van der Waals surface area contributed by atoms with Gasteiger partial charge in [0.05, 0.1) is 35.4 Å². The van der Waals surface area contributed by atoms with Crippen molar-refractivity contribution in [3.8, 4) is 5.75 Å². The molecule has 0 atom stereocenters. The first-order valence-corrected chi connectivity index (χ1v) is 8.41. The van der Waals surface area contributed by atoms with Crippen molar-refractivity contribution in [2.24, 2.45) is 0 Å². The molecule has 0 aromatic carbocycles. The van der Waals surface area contributed by atoms with Crippen molar-refractivity contribution in [2.45, 2.75) is 0 Å². The highest BCUT2D eigenvalue weighted by Gasteiger charge is 2.21. The Labute approximate surface area is 138 Å². The minimum atomic E-state index is 0.684. The van der Waals surface area contributed by atoms with Crippen molar-refractivity contribution in [3.05, 3.63) is 36.1 Å². The van der Waals surface area contributed by atoms with Gasteiger partial charge in [-0.25, -0.2) is 9.97 Å². The van der Waals surface area contributed by atoms with Crippen LogP contribution in [-0.4, -0.2) is 48.2 Å². The van der Waals surface area contributed by atoms with Crippen LogP contribution in [0.1, 0.15) is 0 Å². The molecule has 0 aliphatic carbocycles. The molecule has 1 aliphatic rings. The summed E-state index contributed by atoms with van der Waals surface area (Å²) in [5.41, 5.74) is 2.36. The first-order chi connectivity index (χ1) is 11.3. The smallest absolute Gasteiger partial charge is 0.225 e. The first-order valence-electron chi connectivity index (χ1n) is 7.53. The molecular formula is C16H17N5OS. The van der Waals surface area contributed by atoms with E-state index in [0.717, 1.165) is 37.6 Å². The van der Waals surface area contributed by atoms with Crippen LogP contribution in [0.3, 0.4) is 0 Å². The van der Waals surface area contributed by atoms with E-state index in [9.17, 15) is 0 Å². The number of hydrogen-bond acceptors (Lipinski definition) is 7. The van der Waals surface area contributed by atoms with Crippen molar-refractivity contribution in [1.82, 2.24) is 15.0 Å². The van der Waals surface area contributed by atoms with E-state index in [1.165, 1.54) is 10.4 Å². The summed E-state index contributed by atoms with van der Waals surface area (Å²) < 4.78 is 6.37. The quantitative estimate of drug-likeness (QED) is 0.736. The molecule has 0 bridgehead atoms. The third kappa shape index (κ3) is 2.68. The second-order valence-electron chi connectivity index (χ2n) is 5.36. The molecule has 4 rings (SSSR count). The summed E-state index contributed by atoms with van der Waals surface area (Å²) in [6.45, 7) is 3.71. The van der Waals surface area contributed by atoms with E-state index in [1.807, 2.05) is 6.20 Å². The highest BCUT2D eigenvalue weighted by molar-refractivity contribution is 7.17. The lowest BCUT2D eigenvalue weighted by atomic mass is 10.2. The lowest BCUT2D eigenvalue weighted by molar-refractivity contribution is 0.410. The Morgan fingerprint density at radius 1 is 1.00 bits per heavy atom. The molecule has 3 aromatic rings. The number of thiophene rings is 1. The molecule has 1 fully saturated rings. The summed E-state index contributed by atoms with van der Waals surface area (Å²) in [5, 5.41) is 2.10. The zero-order valence-corrected chi connectivity index (χ0v) is 13.7. The summed E-state index contributed by atoms with van der Waals surface area (Å²) in [6, 6.07) is 4.18. The predicted octanol–water partition coefficient (Wildman–Crippen LogP) is 2.42. The van der Waals surface area contributed by atoms with E-state index in [1.54, 1.807) is 30.8 Å². The van der Waals surface area contributed by atoms with E-state index in [-0.39, 0.29) is 0 Å². The van der Waals surface area contributed by atoms with Crippen molar-refractivity contribution in [2.75, 3.05) is 43.1 Å². The van der Waals surface area contributed by atoms with Gasteiger partial charge in [0, 0.05) is 32.4 Å². The molecule has 3 aromatic heterocycles. The summed E-state index contributed by atoms with van der Waals surface area (Å²) in [4.78, 5) is 17.8. The fourth-order valence-electron chi connectivity index (χ4n) is 2.83. The predicted molar refractivity (Wildman–Crippen MR) is 92.6 cm³/mol. The standard InChI is InChI=1S/C16H17N5OS/c1-22-12-10-18-16(19-11-12)21-7-5-20(6-8-21)14-2-4-17-13-3-9-23-15(13)14/h2-4,9-11H,5-8H2,1H3. The number of methoxy groups -OCH3 is 1. The molecule has 0 unspecified atom stereocenters. The first kappa shape index (κ1) is 14.2. The summed E-state index contributed by atoms with van der Waals surface area (Å²) in [7, 11) is 1.62. The fourth-order valence-corrected chi connectivity index (χ4v) is 3.73. The summed E-state index contributed by atoms with van der Waals surface area (Å²) in [6.07, 6.45) is 5.32. The molecule has 0 spiro atoms. The molecule has 1 saturated heterocycles. The molecule has 0 radical (unpaired) electrons. The number of piperazine rings is 1. The van der Waals surface area contributed by atoms with Gasteiger partial charge in [0.15, 0.2) is 5.75 Å². The van der Waals surface area contributed by atoms with Crippen LogP contribution in [0.15, 0.2) is 36.1 Å². The fraction of sp³-hybridized carbons (Fsp3) is 0.312. The van der Waals surface area contributed by atoms with Gasteiger partial charge in [-0.15, -0.1) is 11.3 Å². The molecule has 6 nitrogen and oxygen atoms in total. The van der Waals surface area contributed by atoms with Gasteiger partial charge in [-0.2, -0.15) is 0 Å². The van der Waals surface area contributed by atoms with Crippen molar-refractivity contribution >= 4 is 33.2 Å². The maximum Gasteiger partial charge on any atom is 0.225 e. The lowest BCUT2D eigenvalue weighted by Crippen LogP contribution is -2.47. The molecule has 0 saturated carbocycles. The Kier molecular flexibility index (Phi) is 3.70. The molecular weight excluding hydrogens is 310 g/mol. The van der Waals surface area contributed by atoms with E-state index in [2.05, 4.69) is 42.3 Å². The Morgan fingerprint density at radius 3 is 2.48 bits per heavy atom. The molecule has 23 heavy (non-hydrogen) atoms. The second-order valence-corrected chi connectivity index (χ2v) is 6.28. The average molecular weight is 327 g/mol. The van der Waals surface area contributed by atoms with Gasteiger partial charge < -0.3 is 14.5 Å². The third-order valence-electron chi connectivity index (χ3n) is 4.08. The van der Waals surface area contributed by atoms with Crippen LogP contribution >= 0.6 is 11.3 Å². The number of ether oxygens (including phenoxy) is 1. The minimum Gasteiger partial charge on any atom is -0.494 e. The van der Waals surface area contributed by atoms with Gasteiger partial charge in [-0.3, -0.25) is 4.98 Å². The van der Waals surface area contributed by atoms with Crippen LogP contribution in [0.5, 0.6) is 5.75 Å². The topological polar surface area (TPSA) is 54.4 Å². The Morgan fingerprint density at radius 2 is 1.74 bits per heavy atom. The van der Waals surface area contributed by atoms with E-state index < -0.39 is 0 Å². The van der Waals surface area contributed by atoms with E-state index in [0.29, 0.717) is 5.75 Å². The number of fused-ring (bicyclic) bond motifs is 1. The summed E-state index contributed by atoms with van der Waals surface area (Å²) in [5.74, 6) is 1.45. The van der Waals surface area contributed by atoms with Crippen LogP contribution in [0.25, 0.3) is 10.2 Å². The second kappa shape index (κ2) is 6.00. The van der Waals surface area contributed by atoms with Gasteiger partial charge in [0.2, 0.25) is 5.95 Å². The van der Waals surface area contributed by atoms with Gasteiger partial charge in [0.1, 0.15) is 0 Å². The summed E-state index contributed by atoms with van der Waals surface area (Å²) >= 11 is 1.75. The van der Waals surface area contributed by atoms with Crippen LogP contribution in [0.4, 0.5) is 11.6 Å². The maximum absolute atomic E-state index is 5.11. The molecule has 4 heterocycles. The molecule has 0 amide bonds. The normalized spacial score (nSPS) is 15.2. The largest absolute Gasteiger partial charge is 0.494 e.